The summed E-state index contributed by atoms with van der Waals surface area (Å²) in [7, 11) is 0. The molecule has 0 aliphatic rings. The van der Waals surface area contributed by atoms with Crippen LogP contribution < -0.4 is 5.73 Å². The quantitative estimate of drug-likeness (QED) is 0.758. The molecule has 2 N–H and O–H groups in total. The third kappa shape index (κ3) is 1.53. The Morgan fingerprint density at radius 1 is 1.60 bits per heavy atom. The minimum absolute atomic E-state index is 0.0340. The van der Waals surface area contributed by atoms with E-state index >= 15 is 0 Å². The van der Waals surface area contributed by atoms with Crippen LogP contribution >= 0.6 is 0 Å². The standard InChI is InChI=1S/C11H13N3O/c1-2-11-13-7-9-8(10(15)6-12)4-3-5-14(9)11/h3-5,7H,2,6,12H2,1H3. The first kappa shape index (κ1) is 9.86. The molecule has 4 nitrogen and oxygen atoms in total. The van der Waals surface area contributed by atoms with Gasteiger partial charge in [-0.3, -0.25) is 4.79 Å². The summed E-state index contributed by atoms with van der Waals surface area (Å²) in [5.74, 6) is 0.903. The number of rotatable bonds is 3. The molecule has 2 rings (SSSR count). The molecule has 2 heterocycles. The zero-order valence-corrected chi connectivity index (χ0v) is 8.60. The molecule has 0 bridgehead atoms. The van der Waals surface area contributed by atoms with Crippen molar-refractivity contribution >= 4 is 11.3 Å². The average Bonchev–Trinajstić information content (AvgIpc) is 2.70. The largest absolute Gasteiger partial charge is 0.324 e. The lowest BCUT2D eigenvalue weighted by Crippen LogP contribution is -2.14. The monoisotopic (exact) mass is 203 g/mol. The first-order valence-corrected chi connectivity index (χ1v) is 4.96. The summed E-state index contributed by atoms with van der Waals surface area (Å²) in [5, 5.41) is 0. The summed E-state index contributed by atoms with van der Waals surface area (Å²) in [4.78, 5) is 15.8. The minimum Gasteiger partial charge on any atom is -0.324 e. The third-order valence-electron chi connectivity index (χ3n) is 2.45. The van der Waals surface area contributed by atoms with Crippen molar-refractivity contribution in [2.24, 2.45) is 5.73 Å². The first-order chi connectivity index (χ1) is 7.27. The van der Waals surface area contributed by atoms with Gasteiger partial charge in [-0.2, -0.15) is 0 Å². The molecule has 0 unspecified atom stereocenters. The highest BCUT2D eigenvalue weighted by molar-refractivity contribution is 6.03. The van der Waals surface area contributed by atoms with E-state index in [1.807, 2.05) is 23.6 Å². The molecule has 0 spiro atoms. The van der Waals surface area contributed by atoms with E-state index in [0.29, 0.717) is 5.56 Å². The lowest BCUT2D eigenvalue weighted by molar-refractivity contribution is 0.100. The maximum absolute atomic E-state index is 11.6. The van der Waals surface area contributed by atoms with Gasteiger partial charge in [0.05, 0.1) is 18.3 Å². The van der Waals surface area contributed by atoms with Crippen LogP contribution in [-0.2, 0) is 6.42 Å². The molecule has 4 heteroatoms. The number of nitrogens with two attached hydrogens (primary N) is 1. The van der Waals surface area contributed by atoms with Crippen molar-refractivity contribution in [1.82, 2.24) is 9.38 Å². The minimum atomic E-state index is -0.0526. The average molecular weight is 203 g/mol. The number of aryl methyl sites for hydroxylation is 1. The number of ketones is 1. The number of imidazole rings is 1. The van der Waals surface area contributed by atoms with Crippen molar-refractivity contribution in [3.8, 4) is 0 Å². The Kier molecular flexibility index (Phi) is 2.51. The molecular weight excluding hydrogens is 190 g/mol. The maximum atomic E-state index is 11.6. The van der Waals surface area contributed by atoms with Crippen LogP contribution in [-0.4, -0.2) is 21.7 Å². The summed E-state index contributed by atoms with van der Waals surface area (Å²) in [6.07, 6.45) is 4.48. The second-order valence-corrected chi connectivity index (χ2v) is 3.33. The zero-order chi connectivity index (χ0) is 10.8. The molecular formula is C11H13N3O. The Bertz CT molecular complexity index is 502. The van der Waals surface area contributed by atoms with Crippen molar-refractivity contribution in [3.63, 3.8) is 0 Å². The molecule has 0 aromatic carbocycles. The van der Waals surface area contributed by atoms with Crippen molar-refractivity contribution < 1.29 is 4.79 Å². The second-order valence-electron chi connectivity index (χ2n) is 3.33. The highest BCUT2D eigenvalue weighted by atomic mass is 16.1. The van der Waals surface area contributed by atoms with Crippen molar-refractivity contribution in [2.75, 3.05) is 6.54 Å². The third-order valence-corrected chi connectivity index (χ3v) is 2.45. The number of aromatic nitrogens is 2. The van der Waals surface area contributed by atoms with Crippen LogP contribution in [0.3, 0.4) is 0 Å². The number of hydrogen-bond acceptors (Lipinski definition) is 3. The van der Waals surface area contributed by atoms with Gasteiger partial charge in [0.2, 0.25) is 0 Å². The van der Waals surface area contributed by atoms with Gasteiger partial charge in [0.1, 0.15) is 5.82 Å². The van der Waals surface area contributed by atoms with Crippen LogP contribution in [0, 0.1) is 0 Å². The lowest BCUT2D eigenvalue weighted by Gasteiger charge is -2.02. The van der Waals surface area contributed by atoms with Gasteiger partial charge in [-0.1, -0.05) is 6.92 Å². The number of pyridine rings is 1. The Balaban J connectivity index is 2.67. The molecule has 0 saturated carbocycles. The summed E-state index contributed by atoms with van der Waals surface area (Å²) in [6.45, 7) is 2.07. The first-order valence-electron chi connectivity index (χ1n) is 4.96. The van der Waals surface area contributed by atoms with Gasteiger partial charge < -0.3 is 10.1 Å². The summed E-state index contributed by atoms with van der Waals surface area (Å²) in [6, 6.07) is 3.63. The summed E-state index contributed by atoms with van der Waals surface area (Å²) in [5.41, 5.74) is 6.84. The van der Waals surface area contributed by atoms with Crippen LogP contribution in [0.2, 0.25) is 0 Å². The van der Waals surface area contributed by atoms with E-state index in [0.717, 1.165) is 17.8 Å². The summed E-state index contributed by atoms with van der Waals surface area (Å²) >= 11 is 0. The van der Waals surface area contributed by atoms with Crippen LogP contribution in [0.5, 0.6) is 0 Å². The van der Waals surface area contributed by atoms with Gasteiger partial charge in [0.25, 0.3) is 0 Å². The van der Waals surface area contributed by atoms with Crippen LogP contribution in [0.1, 0.15) is 23.1 Å². The fourth-order valence-corrected chi connectivity index (χ4v) is 1.68. The lowest BCUT2D eigenvalue weighted by atomic mass is 10.1. The molecule has 0 aliphatic carbocycles. The van der Waals surface area contributed by atoms with E-state index in [4.69, 9.17) is 5.73 Å². The number of Topliss-reactive ketones (excluding diaryl/α,β-unsaturated/α-hetero) is 1. The van der Waals surface area contributed by atoms with E-state index in [-0.39, 0.29) is 12.3 Å². The van der Waals surface area contributed by atoms with Gasteiger partial charge in [-0.15, -0.1) is 0 Å². The van der Waals surface area contributed by atoms with Gasteiger partial charge in [-0.25, -0.2) is 4.98 Å². The number of nitrogens with zero attached hydrogens (tertiary/aromatic N) is 2. The predicted octanol–water partition coefficient (Wildman–Crippen LogP) is 1.04. The van der Waals surface area contributed by atoms with Gasteiger partial charge in [0.15, 0.2) is 5.78 Å². The molecule has 0 aliphatic heterocycles. The highest BCUT2D eigenvalue weighted by Gasteiger charge is 2.10. The van der Waals surface area contributed by atoms with Gasteiger partial charge in [0, 0.05) is 18.2 Å². The van der Waals surface area contributed by atoms with E-state index in [1.165, 1.54) is 0 Å². The molecule has 0 radical (unpaired) electrons. The van der Waals surface area contributed by atoms with Gasteiger partial charge in [-0.05, 0) is 12.1 Å². The normalized spacial score (nSPS) is 10.8. The number of carbonyl (C=O) groups excluding carboxylic acids is 1. The smallest absolute Gasteiger partial charge is 0.178 e. The summed E-state index contributed by atoms with van der Waals surface area (Å²) < 4.78 is 1.93. The Hall–Kier alpha value is -1.68. The Morgan fingerprint density at radius 3 is 3.07 bits per heavy atom. The number of carbonyl (C=O) groups is 1. The van der Waals surface area contributed by atoms with Crippen LogP contribution in [0.25, 0.3) is 5.52 Å². The number of hydrogen-bond donors (Lipinski definition) is 1. The van der Waals surface area contributed by atoms with E-state index in [2.05, 4.69) is 4.98 Å². The Labute approximate surface area is 87.7 Å². The molecule has 2 aromatic heterocycles. The molecule has 78 valence electrons. The Morgan fingerprint density at radius 2 is 2.40 bits per heavy atom. The van der Waals surface area contributed by atoms with Crippen LogP contribution in [0.4, 0.5) is 0 Å². The molecule has 2 aromatic rings. The molecule has 0 atom stereocenters. The van der Waals surface area contributed by atoms with Crippen molar-refractivity contribution in [3.05, 3.63) is 35.9 Å². The fraction of sp³-hybridized carbons (Fsp3) is 0.273. The second kappa shape index (κ2) is 3.82. The molecule has 0 saturated heterocycles. The predicted molar refractivity (Wildman–Crippen MR) is 58.0 cm³/mol. The van der Waals surface area contributed by atoms with E-state index in [1.54, 1.807) is 12.3 Å². The van der Waals surface area contributed by atoms with Crippen molar-refractivity contribution in [2.45, 2.75) is 13.3 Å². The topological polar surface area (TPSA) is 60.4 Å². The SMILES string of the molecule is CCc1ncc2c(C(=O)CN)cccn12. The fourth-order valence-electron chi connectivity index (χ4n) is 1.68. The molecule has 0 amide bonds. The molecule has 0 fully saturated rings. The van der Waals surface area contributed by atoms with E-state index in [9.17, 15) is 4.79 Å². The highest BCUT2D eigenvalue weighted by Crippen LogP contribution is 2.13. The molecule has 15 heavy (non-hydrogen) atoms. The maximum Gasteiger partial charge on any atom is 0.178 e. The van der Waals surface area contributed by atoms with Crippen molar-refractivity contribution in [1.29, 1.82) is 0 Å². The van der Waals surface area contributed by atoms with E-state index < -0.39 is 0 Å². The zero-order valence-electron chi connectivity index (χ0n) is 8.60. The van der Waals surface area contributed by atoms with Gasteiger partial charge >= 0.3 is 0 Å². The number of fused-ring (bicyclic) bond motifs is 1. The van der Waals surface area contributed by atoms with Crippen LogP contribution in [0.15, 0.2) is 24.5 Å².